The summed E-state index contributed by atoms with van der Waals surface area (Å²) in [5.41, 5.74) is 7.77. The molecular weight excluding hydrogens is 260 g/mol. The third-order valence-electron chi connectivity index (χ3n) is 2.59. The number of hydrogen-bond donors (Lipinski definition) is 2. The highest BCUT2D eigenvalue weighted by Crippen LogP contribution is 2.20. The van der Waals surface area contributed by atoms with E-state index in [4.69, 9.17) is 5.73 Å². The molecule has 0 spiro atoms. The molecule has 0 fully saturated rings. The van der Waals surface area contributed by atoms with E-state index in [1.165, 1.54) is 5.56 Å². The second-order valence-electron chi connectivity index (χ2n) is 3.93. The normalized spacial score (nSPS) is 10.7. The van der Waals surface area contributed by atoms with Crippen molar-refractivity contribution in [1.82, 2.24) is 24.7 Å². The number of nitrogens with zero attached hydrogens (tertiary/aromatic N) is 4. The van der Waals surface area contributed by atoms with Crippen LogP contribution >= 0.6 is 11.8 Å². The fourth-order valence-electron chi connectivity index (χ4n) is 1.65. The van der Waals surface area contributed by atoms with Crippen LogP contribution in [0.4, 0.5) is 5.95 Å². The number of nitrogen functional groups attached to an aromatic ring is 1. The first-order valence-corrected chi connectivity index (χ1v) is 6.68. The molecular formula is C12H12N6S. The number of aromatic amines is 1. The van der Waals surface area contributed by atoms with Crippen LogP contribution in [0.2, 0.25) is 0 Å². The molecule has 2 aromatic heterocycles. The summed E-state index contributed by atoms with van der Waals surface area (Å²) in [5.74, 6) is 1.15. The summed E-state index contributed by atoms with van der Waals surface area (Å²) in [6.07, 6.45) is 5.46. The molecule has 3 N–H and O–H groups in total. The molecule has 0 radical (unpaired) electrons. The number of imidazole rings is 1. The van der Waals surface area contributed by atoms with Crippen LogP contribution in [0.3, 0.4) is 0 Å². The molecule has 7 heteroatoms. The van der Waals surface area contributed by atoms with Crippen molar-refractivity contribution in [1.29, 1.82) is 0 Å². The van der Waals surface area contributed by atoms with E-state index < -0.39 is 0 Å². The number of thioether (sulfide) groups is 1. The summed E-state index contributed by atoms with van der Waals surface area (Å²) >= 11 is 1.55. The Morgan fingerprint density at radius 2 is 2.11 bits per heavy atom. The van der Waals surface area contributed by atoms with E-state index in [0.717, 1.165) is 11.4 Å². The van der Waals surface area contributed by atoms with Crippen LogP contribution < -0.4 is 5.73 Å². The summed E-state index contributed by atoms with van der Waals surface area (Å²) < 4.78 is 1.97. The molecule has 0 atom stereocenters. The standard InChI is InChI=1S/C12H12N6S/c13-11-15-12(17-16-11)19-7-9-1-3-10(4-2-9)18-6-5-14-8-18/h1-6,8H,7H2,(H3,13,15,16,17). The van der Waals surface area contributed by atoms with Gasteiger partial charge in [-0.25, -0.2) is 10.1 Å². The van der Waals surface area contributed by atoms with Crippen LogP contribution in [0, 0.1) is 0 Å². The monoisotopic (exact) mass is 272 g/mol. The molecule has 0 aliphatic rings. The molecule has 0 aliphatic carbocycles. The van der Waals surface area contributed by atoms with Gasteiger partial charge >= 0.3 is 0 Å². The summed E-state index contributed by atoms with van der Waals surface area (Å²) in [6, 6.07) is 8.28. The van der Waals surface area contributed by atoms with E-state index in [0.29, 0.717) is 11.1 Å². The number of nitrogens with one attached hydrogen (secondary N) is 1. The van der Waals surface area contributed by atoms with Gasteiger partial charge in [0.25, 0.3) is 0 Å². The van der Waals surface area contributed by atoms with Crippen molar-refractivity contribution in [2.24, 2.45) is 0 Å². The molecule has 0 amide bonds. The Bertz CT molecular complexity index is 643. The number of nitrogens with two attached hydrogens (primary N) is 1. The lowest BCUT2D eigenvalue weighted by Gasteiger charge is -2.03. The van der Waals surface area contributed by atoms with Gasteiger partial charge in [0.15, 0.2) is 0 Å². The van der Waals surface area contributed by atoms with Gasteiger partial charge in [0.05, 0.1) is 6.33 Å². The minimum atomic E-state index is 0.345. The number of hydrogen-bond acceptors (Lipinski definition) is 5. The number of rotatable bonds is 4. The maximum absolute atomic E-state index is 5.47. The van der Waals surface area contributed by atoms with Crippen LogP contribution in [0.25, 0.3) is 5.69 Å². The fraction of sp³-hybridized carbons (Fsp3) is 0.0833. The van der Waals surface area contributed by atoms with Gasteiger partial charge in [0, 0.05) is 23.8 Å². The average Bonchev–Trinajstić information content (AvgIpc) is 3.08. The molecule has 0 aliphatic heterocycles. The molecule has 1 aromatic carbocycles. The lowest BCUT2D eigenvalue weighted by atomic mass is 10.2. The van der Waals surface area contributed by atoms with Crippen molar-refractivity contribution >= 4 is 17.7 Å². The molecule has 0 bridgehead atoms. The second-order valence-corrected chi connectivity index (χ2v) is 4.87. The summed E-state index contributed by atoms with van der Waals surface area (Å²) in [7, 11) is 0. The average molecular weight is 272 g/mol. The number of anilines is 1. The predicted octanol–water partition coefficient (Wildman–Crippen LogP) is 1.86. The molecule has 96 valence electrons. The highest BCUT2D eigenvalue weighted by Gasteiger charge is 2.02. The molecule has 3 rings (SSSR count). The largest absolute Gasteiger partial charge is 0.368 e. The Labute approximate surface area is 114 Å². The number of benzene rings is 1. The first-order chi connectivity index (χ1) is 9.31. The van der Waals surface area contributed by atoms with Gasteiger partial charge in [-0.2, -0.15) is 4.98 Å². The summed E-state index contributed by atoms with van der Waals surface area (Å²) in [6.45, 7) is 0. The van der Waals surface area contributed by atoms with Gasteiger partial charge in [-0.3, -0.25) is 0 Å². The Morgan fingerprint density at radius 1 is 1.26 bits per heavy atom. The van der Waals surface area contributed by atoms with E-state index in [1.807, 2.05) is 10.8 Å². The number of H-pyrrole nitrogens is 1. The predicted molar refractivity (Wildman–Crippen MR) is 73.9 cm³/mol. The van der Waals surface area contributed by atoms with Crippen LogP contribution in [-0.2, 0) is 5.75 Å². The Balaban J connectivity index is 1.66. The Morgan fingerprint density at radius 3 is 2.74 bits per heavy atom. The van der Waals surface area contributed by atoms with Crippen LogP contribution in [0.15, 0.2) is 48.1 Å². The highest BCUT2D eigenvalue weighted by molar-refractivity contribution is 7.98. The van der Waals surface area contributed by atoms with Crippen molar-refractivity contribution in [2.45, 2.75) is 10.9 Å². The topological polar surface area (TPSA) is 85.4 Å². The maximum atomic E-state index is 5.47. The first-order valence-electron chi connectivity index (χ1n) is 5.69. The molecule has 3 aromatic rings. The van der Waals surface area contributed by atoms with E-state index in [1.54, 1.807) is 24.3 Å². The number of aromatic nitrogens is 5. The quantitative estimate of drug-likeness (QED) is 0.708. The van der Waals surface area contributed by atoms with Crippen LogP contribution in [0.5, 0.6) is 0 Å². The van der Waals surface area contributed by atoms with Gasteiger partial charge in [0.1, 0.15) is 0 Å². The summed E-state index contributed by atoms with van der Waals surface area (Å²) in [5, 5.41) is 7.26. The third kappa shape index (κ3) is 2.76. The lowest BCUT2D eigenvalue weighted by molar-refractivity contribution is 0.973. The van der Waals surface area contributed by atoms with Crippen molar-refractivity contribution in [2.75, 3.05) is 5.73 Å². The lowest BCUT2D eigenvalue weighted by Crippen LogP contribution is -1.90. The van der Waals surface area contributed by atoms with Crippen molar-refractivity contribution in [3.8, 4) is 5.69 Å². The van der Waals surface area contributed by atoms with E-state index in [2.05, 4.69) is 44.4 Å². The molecule has 0 unspecified atom stereocenters. The fourth-order valence-corrected chi connectivity index (χ4v) is 2.41. The first kappa shape index (κ1) is 11.8. The minimum Gasteiger partial charge on any atom is -0.368 e. The van der Waals surface area contributed by atoms with Crippen molar-refractivity contribution in [3.63, 3.8) is 0 Å². The van der Waals surface area contributed by atoms with E-state index >= 15 is 0 Å². The molecule has 6 nitrogen and oxygen atoms in total. The van der Waals surface area contributed by atoms with E-state index in [-0.39, 0.29) is 0 Å². The minimum absolute atomic E-state index is 0.345. The second kappa shape index (κ2) is 5.15. The Kier molecular flexibility index (Phi) is 3.20. The van der Waals surface area contributed by atoms with Crippen molar-refractivity contribution < 1.29 is 0 Å². The zero-order chi connectivity index (χ0) is 13.1. The van der Waals surface area contributed by atoms with Crippen molar-refractivity contribution in [3.05, 3.63) is 48.5 Å². The van der Waals surface area contributed by atoms with Crippen LogP contribution in [-0.4, -0.2) is 24.7 Å². The van der Waals surface area contributed by atoms with Gasteiger partial charge < -0.3 is 10.3 Å². The highest BCUT2D eigenvalue weighted by atomic mass is 32.2. The smallest absolute Gasteiger partial charge is 0.216 e. The molecule has 2 heterocycles. The van der Waals surface area contributed by atoms with Gasteiger partial charge in [-0.05, 0) is 17.7 Å². The zero-order valence-corrected chi connectivity index (χ0v) is 10.8. The maximum Gasteiger partial charge on any atom is 0.216 e. The van der Waals surface area contributed by atoms with Crippen LogP contribution in [0.1, 0.15) is 5.56 Å². The molecule has 0 saturated carbocycles. The summed E-state index contributed by atoms with van der Waals surface area (Å²) in [4.78, 5) is 8.07. The SMILES string of the molecule is Nc1nc(SCc2ccc(-n3ccnc3)cc2)n[nH]1. The molecule has 0 saturated heterocycles. The van der Waals surface area contributed by atoms with Gasteiger partial charge in [-0.1, -0.05) is 23.9 Å². The Hall–Kier alpha value is -2.28. The van der Waals surface area contributed by atoms with Gasteiger partial charge in [-0.15, -0.1) is 5.10 Å². The third-order valence-corrected chi connectivity index (χ3v) is 3.51. The molecule has 19 heavy (non-hydrogen) atoms. The van der Waals surface area contributed by atoms with Gasteiger partial charge in [0.2, 0.25) is 11.1 Å². The van der Waals surface area contributed by atoms with E-state index in [9.17, 15) is 0 Å². The zero-order valence-electron chi connectivity index (χ0n) is 10.0.